The summed E-state index contributed by atoms with van der Waals surface area (Å²) in [5.41, 5.74) is 1.24. The summed E-state index contributed by atoms with van der Waals surface area (Å²) in [4.78, 5) is 11.0. The predicted molar refractivity (Wildman–Crippen MR) is 68.1 cm³/mol. The summed E-state index contributed by atoms with van der Waals surface area (Å²) in [6.45, 7) is 8.58. The van der Waals surface area contributed by atoms with Gasteiger partial charge in [-0.3, -0.25) is 0 Å². The Morgan fingerprint density at radius 2 is 2.00 bits per heavy atom. The maximum absolute atomic E-state index is 4.37. The van der Waals surface area contributed by atoms with Crippen molar-refractivity contribution in [3.8, 4) is 0 Å². The van der Waals surface area contributed by atoms with Crippen LogP contribution in [0.2, 0.25) is 0 Å². The number of rotatable bonds is 1. The molecule has 1 saturated heterocycles. The summed E-state index contributed by atoms with van der Waals surface area (Å²) in [7, 11) is 2.08. The molecule has 1 aromatic rings. The number of likely N-dealkylation sites (tertiary alicyclic amines) is 1. The molecule has 1 aromatic heterocycles. The zero-order valence-corrected chi connectivity index (χ0v) is 11.5. The van der Waals surface area contributed by atoms with Crippen molar-refractivity contribution in [2.24, 2.45) is 0 Å². The van der Waals surface area contributed by atoms with E-state index in [2.05, 4.69) is 58.3 Å². The summed E-state index contributed by atoms with van der Waals surface area (Å²) in [5, 5.41) is 0. The number of likely N-dealkylation sites (N-methyl/N-ethyl adjacent to an activating group) is 1. The van der Waals surface area contributed by atoms with E-state index in [1.807, 2.05) is 0 Å². The minimum absolute atomic E-state index is 0.137. The lowest BCUT2D eigenvalue weighted by Gasteiger charge is -2.29. The van der Waals surface area contributed by atoms with Crippen LogP contribution in [0.5, 0.6) is 0 Å². The van der Waals surface area contributed by atoms with E-state index >= 15 is 0 Å². The summed E-state index contributed by atoms with van der Waals surface area (Å²) < 4.78 is 0.910. The van der Waals surface area contributed by atoms with Gasteiger partial charge >= 0.3 is 0 Å². The van der Waals surface area contributed by atoms with Gasteiger partial charge in [-0.2, -0.15) is 0 Å². The first-order valence-electron chi connectivity index (χ1n) is 5.32. The first-order valence-corrected chi connectivity index (χ1v) is 6.11. The first kappa shape index (κ1) is 11.6. The van der Waals surface area contributed by atoms with Crippen molar-refractivity contribution in [2.45, 2.75) is 31.7 Å². The Hall–Kier alpha value is -0.900. The molecule has 0 amide bonds. The van der Waals surface area contributed by atoms with Gasteiger partial charge in [0.05, 0.1) is 10.4 Å². The van der Waals surface area contributed by atoms with Gasteiger partial charge < -0.3 is 4.90 Å². The Balaban J connectivity index is 2.30. The van der Waals surface area contributed by atoms with Gasteiger partial charge in [-0.1, -0.05) is 6.58 Å². The molecule has 0 spiro atoms. The molecule has 16 heavy (non-hydrogen) atoms. The van der Waals surface area contributed by atoms with E-state index in [4.69, 9.17) is 0 Å². The fraction of sp³-hybridized carbons (Fsp3) is 0.500. The fourth-order valence-corrected chi connectivity index (χ4v) is 2.32. The first-order chi connectivity index (χ1) is 7.42. The molecule has 1 atom stereocenters. The van der Waals surface area contributed by atoms with Crippen molar-refractivity contribution in [3.05, 3.63) is 35.0 Å². The van der Waals surface area contributed by atoms with E-state index in [0.29, 0.717) is 0 Å². The molecule has 0 aromatic carbocycles. The van der Waals surface area contributed by atoms with Crippen LogP contribution in [0.3, 0.4) is 0 Å². The topological polar surface area (TPSA) is 29.0 Å². The van der Waals surface area contributed by atoms with Crippen molar-refractivity contribution in [2.75, 3.05) is 7.05 Å². The SMILES string of the molecule is C=C1C(c2ncc(Br)cn2)CC(C)(C)N1C. The van der Waals surface area contributed by atoms with E-state index in [-0.39, 0.29) is 11.5 Å². The normalized spacial score (nSPS) is 23.9. The molecule has 3 nitrogen and oxygen atoms in total. The highest BCUT2D eigenvalue weighted by atomic mass is 79.9. The summed E-state index contributed by atoms with van der Waals surface area (Å²) in [6, 6.07) is 0. The van der Waals surface area contributed by atoms with Gasteiger partial charge in [0.2, 0.25) is 0 Å². The van der Waals surface area contributed by atoms with Crippen molar-refractivity contribution >= 4 is 15.9 Å². The number of aromatic nitrogens is 2. The van der Waals surface area contributed by atoms with Gasteiger partial charge in [-0.25, -0.2) is 9.97 Å². The van der Waals surface area contributed by atoms with Gasteiger partial charge in [0, 0.05) is 30.7 Å². The Morgan fingerprint density at radius 1 is 1.44 bits per heavy atom. The highest BCUT2D eigenvalue weighted by Gasteiger charge is 2.40. The summed E-state index contributed by atoms with van der Waals surface area (Å²) in [5.74, 6) is 1.11. The molecule has 1 fully saturated rings. The van der Waals surface area contributed by atoms with Crippen LogP contribution in [0.25, 0.3) is 0 Å². The predicted octanol–water partition coefficient (Wildman–Crippen LogP) is 2.95. The van der Waals surface area contributed by atoms with E-state index in [0.717, 1.165) is 22.4 Å². The number of hydrogen-bond acceptors (Lipinski definition) is 3. The van der Waals surface area contributed by atoms with Crippen LogP contribution < -0.4 is 0 Å². The maximum atomic E-state index is 4.37. The molecule has 0 aliphatic carbocycles. The van der Waals surface area contributed by atoms with Crippen molar-refractivity contribution in [1.29, 1.82) is 0 Å². The van der Waals surface area contributed by atoms with Crippen LogP contribution in [-0.4, -0.2) is 27.5 Å². The Bertz CT molecular complexity index is 411. The molecule has 0 bridgehead atoms. The summed E-state index contributed by atoms with van der Waals surface area (Å²) >= 11 is 3.35. The van der Waals surface area contributed by atoms with E-state index < -0.39 is 0 Å². The largest absolute Gasteiger partial charge is 0.373 e. The average molecular weight is 282 g/mol. The zero-order chi connectivity index (χ0) is 11.9. The number of allylic oxidation sites excluding steroid dienone is 1. The van der Waals surface area contributed by atoms with Crippen LogP contribution in [0, 0.1) is 0 Å². The third kappa shape index (κ3) is 1.86. The van der Waals surface area contributed by atoms with Crippen LogP contribution in [0.4, 0.5) is 0 Å². The Labute approximate surface area is 105 Å². The van der Waals surface area contributed by atoms with E-state index in [1.165, 1.54) is 0 Å². The lowest BCUT2D eigenvalue weighted by atomic mass is 9.95. The van der Waals surface area contributed by atoms with Crippen LogP contribution in [-0.2, 0) is 0 Å². The van der Waals surface area contributed by atoms with Crippen LogP contribution in [0.1, 0.15) is 32.0 Å². The van der Waals surface area contributed by atoms with Gasteiger partial charge in [0.25, 0.3) is 0 Å². The molecular weight excluding hydrogens is 266 g/mol. The van der Waals surface area contributed by atoms with Crippen molar-refractivity contribution in [3.63, 3.8) is 0 Å². The highest BCUT2D eigenvalue weighted by Crippen LogP contribution is 2.42. The standard InChI is InChI=1S/C12H16BrN3/c1-8-10(5-12(2,3)16(8)4)11-14-6-9(13)7-15-11/h6-7,10H,1,5H2,2-4H3. The van der Waals surface area contributed by atoms with Crippen LogP contribution >= 0.6 is 15.9 Å². The monoisotopic (exact) mass is 281 g/mol. The number of nitrogens with zero attached hydrogens (tertiary/aromatic N) is 3. The van der Waals surface area contributed by atoms with Gasteiger partial charge in [-0.05, 0) is 36.2 Å². The highest BCUT2D eigenvalue weighted by molar-refractivity contribution is 9.10. The maximum Gasteiger partial charge on any atom is 0.137 e. The molecule has 86 valence electrons. The second-order valence-electron chi connectivity index (χ2n) is 4.88. The summed E-state index contributed by atoms with van der Waals surface area (Å²) in [6.07, 6.45) is 4.60. The van der Waals surface area contributed by atoms with E-state index in [1.54, 1.807) is 12.4 Å². The molecule has 0 saturated carbocycles. The Kier molecular flexibility index (Phi) is 2.78. The van der Waals surface area contributed by atoms with Gasteiger partial charge in [0.15, 0.2) is 0 Å². The van der Waals surface area contributed by atoms with Gasteiger partial charge in [-0.15, -0.1) is 0 Å². The second-order valence-corrected chi connectivity index (χ2v) is 5.79. The quantitative estimate of drug-likeness (QED) is 0.793. The minimum Gasteiger partial charge on any atom is -0.373 e. The lowest BCUT2D eigenvalue weighted by molar-refractivity contribution is 0.249. The molecule has 1 aliphatic rings. The molecule has 2 heterocycles. The van der Waals surface area contributed by atoms with Gasteiger partial charge in [0.1, 0.15) is 5.82 Å². The van der Waals surface area contributed by atoms with Crippen LogP contribution in [0.15, 0.2) is 29.1 Å². The zero-order valence-electron chi connectivity index (χ0n) is 9.87. The number of halogens is 1. The smallest absolute Gasteiger partial charge is 0.137 e. The molecule has 1 unspecified atom stereocenters. The second kappa shape index (κ2) is 3.84. The molecule has 2 rings (SSSR count). The number of hydrogen-bond donors (Lipinski definition) is 0. The lowest BCUT2D eigenvalue weighted by Crippen LogP contribution is -2.33. The Morgan fingerprint density at radius 3 is 2.44 bits per heavy atom. The third-order valence-corrected chi connectivity index (χ3v) is 3.81. The molecule has 0 radical (unpaired) electrons. The molecule has 0 N–H and O–H groups in total. The van der Waals surface area contributed by atoms with E-state index in [9.17, 15) is 0 Å². The third-order valence-electron chi connectivity index (χ3n) is 3.40. The van der Waals surface area contributed by atoms with Crippen molar-refractivity contribution in [1.82, 2.24) is 14.9 Å². The fourth-order valence-electron chi connectivity index (χ4n) is 2.12. The average Bonchev–Trinajstić information content (AvgIpc) is 2.44. The minimum atomic E-state index is 0.137. The molecular formula is C12H16BrN3. The molecule has 4 heteroatoms. The van der Waals surface area contributed by atoms with Crippen molar-refractivity contribution < 1.29 is 0 Å². The molecule has 1 aliphatic heterocycles.